The SMILES string of the molecule is CC[C@H](C)c1ccc([C@@H](O)C[NH+]2CCN(C(=O)c3cccs3)CC2)cc1. The highest BCUT2D eigenvalue weighted by Crippen LogP contribution is 2.21. The highest BCUT2D eigenvalue weighted by Gasteiger charge is 2.26. The van der Waals surface area contributed by atoms with Gasteiger partial charge in [-0.2, -0.15) is 0 Å². The van der Waals surface area contributed by atoms with E-state index in [1.807, 2.05) is 22.4 Å². The van der Waals surface area contributed by atoms with E-state index >= 15 is 0 Å². The van der Waals surface area contributed by atoms with Crippen LogP contribution in [-0.2, 0) is 0 Å². The lowest BCUT2D eigenvalue weighted by molar-refractivity contribution is -0.907. The Balaban J connectivity index is 1.50. The number of amides is 1. The molecule has 2 N–H and O–H groups in total. The Labute approximate surface area is 160 Å². The second-order valence-corrected chi connectivity index (χ2v) is 8.16. The molecule has 0 unspecified atom stereocenters. The quantitative estimate of drug-likeness (QED) is 0.816. The fraction of sp³-hybridized carbons (Fsp3) is 0.476. The fourth-order valence-corrected chi connectivity index (χ4v) is 4.15. The molecule has 26 heavy (non-hydrogen) atoms. The maximum Gasteiger partial charge on any atom is 0.264 e. The van der Waals surface area contributed by atoms with Gasteiger partial charge in [0.2, 0.25) is 0 Å². The molecule has 0 saturated carbocycles. The van der Waals surface area contributed by atoms with Gasteiger partial charge in [-0.3, -0.25) is 4.79 Å². The van der Waals surface area contributed by atoms with Gasteiger partial charge in [-0.25, -0.2) is 0 Å². The van der Waals surface area contributed by atoms with Gasteiger partial charge in [-0.05, 0) is 34.9 Å². The number of carbonyl (C=O) groups is 1. The van der Waals surface area contributed by atoms with Crippen LogP contribution in [0.4, 0.5) is 0 Å². The van der Waals surface area contributed by atoms with E-state index in [1.54, 1.807) is 0 Å². The van der Waals surface area contributed by atoms with Crippen molar-refractivity contribution in [2.75, 3.05) is 32.7 Å². The van der Waals surface area contributed by atoms with E-state index in [1.165, 1.54) is 21.8 Å². The number of nitrogens with one attached hydrogen (secondary N) is 1. The fourth-order valence-electron chi connectivity index (χ4n) is 3.46. The molecule has 2 aromatic rings. The molecule has 0 spiro atoms. The summed E-state index contributed by atoms with van der Waals surface area (Å²) >= 11 is 1.50. The lowest BCUT2D eigenvalue weighted by Gasteiger charge is -2.33. The van der Waals surface area contributed by atoms with Gasteiger partial charge >= 0.3 is 0 Å². The van der Waals surface area contributed by atoms with Crippen LogP contribution in [0.2, 0.25) is 0 Å². The van der Waals surface area contributed by atoms with Gasteiger partial charge in [0.05, 0.1) is 31.1 Å². The number of rotatable bonds is 6. The van der Waals surface area contributed by atoms with Gasteiger partial charge in [-0.15, -0.1) is 11.3 Å². The molecule has 2 atom stereocenters. The Hall–Kier alpha value is -1.69. The Morgan fingerprint density at radius 2 is 1.85 bits per heavy atom. The monoisotopic (exact) mass is 373 g/mol. The summed E-state index contributed by atoms with van der Waals surface area (Å²) in [6, 6.07) is 12.2. The maximum atomic E-state index is 12.4. The summed E-state index contributed by atoms with van der Waals surface area (Å²) in [6.07, 6.45) is 0.677. The predicted molar refractivity (Wildman–Crippen MR) is 106 cm³/mol. The maximum absolute atomic E-state index is 12.4. The zero-order valence-electron chi connectivity index (χ0n) is 15.6. The molecule has 1 aliphatic heterocycles. The summed E-state index contributed by atoms with van der Waals surface area (Å²) < 4.78 is 0. The molecule has 1 fully saturated rings. The number of aliphatic hydroxyl groups excluding tert-OH is 1. The summed E-state index contributed by atoms with van der Waals surface area (Å²) in [6.45, 7) is 8.41. The number of thiophene rings is 1. The van der Waals surface area contributed by atoms with Gasteiger partial charge in [0.1, 0.15) is 12.6 Å². The third kappa shape index (κ3) is 4.53. The second-order valence-electron chi connectivity index (χ2n) is 7.22. The zero-order chi connectivity index (χ0) is 18.5. The topological polar surface area (TPSA) is 45.0 Å². The lowest BCUT2D eigenvalue weighted by Crippen LogP contribution is -3.15. The molecule has 0 bridgehead atoms. The molecule has 3 rings (SSSR count). The van der Waals surface area contributed by atoms with Gasteiger partial charge in [0.25, 0.3) is 5.91 Å². The van der Waals surface area contributed by atoms with E-state index in [4.69, 9.17) is 0 Å². The van der Waals surface area contributed by atoms with Gasteiger partial charge in [0.15, 0.2) is 0 Å². The molecular formula is C21H29N2O2S+. The van der Waals surface area contributed by atoms with Gasteiger partial charge < -0.3 is 14.9 Å². The van der Waals surface area contributed by atoms with Crippen molar-refractivity contribution in [2.24, 2.45) is 0 Å². The number of quaternary nitrogens is 1. The molecule has 5 heteroatoms. The minimum atomic E-state index is -0.449. The van der Waals surface area contributed by atoms with E-state index in [0.717, 1.165) is 43.0 Å². The first-order valence-electron chi connectivity index (χ1n) is 9.52. The first-order valence-corrected chi connectivity index (χ1v) is 10.4. The van der Waals surface area contributed by atoms with Crippen LogP contribution in [0.3, 0.4) is 0 Å². The van der Waals surface area contributed by atoms with Crippen LogP contribution in [0.15, 0.2) is 41.8 Å². The standard InChI is InChI=1S/C21H28N2O2S/c1-3-16(2)17-6-8-18(9-7-17)19(24)15-22-10-12-23(13-11-22)21(25)20-5-4-14-26-20/h4-9,14,16,19,24H,3,10-13,15H2,1-2H3/p+1/t16-,19-/m0/s1. The van der Waals surface area contributed by atoms with Crippen LogP contribution in [0, 0.1) is 0 Å². The summed E-state index contributed by atoms with van der Waals surface area (Å²) in [5.74, 6) is 0.695. The van der Waals surface area contributed by atoms with E-state index in [-0.39, 0.29) is 5.91 Å². The number of nitrogens with zero attached hydrogens (tertiary/aromatic N) is 1. The van der Waals surface area contributed by atoms with Crippen LogP contribution < -0.4 is 4.90 Å². The molecule has 2 heterocycles. The first kappa shape index (κ1) is 19.1. The number of hydrogen-bond acceptors (Lipinski definition) is 3. The van der Waals surface area contributed by atoms with Crippen LogP contribution in [0.5, 0.6) is 0 Å². The minimum Gasteiger partial charge on any atom is -0.382 e. The van der Waals surface area contributed by atoms with E-state index in [2.05, 4.69) is 38.1 Å². The summed E-state index contributed by atoms with van der Waals surface area (Å²) in [5.41, 5.74) is 2.32. The molecular weight excluding hydrogens is 344 g/mol. The molecule has 0 radical (unpaired) electrons. The summed E-state index contributed by atoms with van der Waals surface area (Å²) in [4.78, 5) is 16.5. The molecule has 1 saturated heterocycles. The molecule has 1 aromatic carbocycles. The predicted octanol–water partition coefficient (Wildman–Crippen LogP) is 2.34. The number of piperazine rings is 1. The van der Waals surface area contributed by atoms with Crippen molar-refractivity contribution in [3.63, 3.8) is 0 Å². The van der Waals surface area contributed by atoms with E-state index in [9.17, 15) is 9.90 Å². The average molecular weight is 374 g/mol. The molecule has 140 valence electrons. The van der Waals surface area contributed by atoms with Crippen molar-refractivity contribution in [1.29, 1.82) is 0 Å². The van der Waals surface area contributed by atoms with Crippen molar-refractivity contribution in [2.45, 2.75) is 32.3 Å². The molecule has 4 nitrogen and oxygen atoms in total. The molecule has 1 aliphatic rings. The van der Waals surface area contributed by atoms with Crippen molar-refractivity contribution in [3.05, 3.63) is 57.8 Å². The zero-order valence-corrected chi connectivity index (χ0v) is 16.5. The smallest absolute Gasteiger partial charge is 0.264 e. The third-order valence-electron chi connectivity index (χ3n) is 5.47. The van der Waals surface area contributed by atoms with Crippen LogP contribution in [0.1, 0.15) is 53.1 Å². The van der Waals surface area contributed by atoms with Crippen molar-refractivity contribution in [3.8, 4) is 0 Å². The Morgan fingerprint density at radius 1 is 1.19 bits per heavy atom. The van der Waals surface area contributed by atoms with Crippen LogP contribution in [-0.4, -0.2) is 48.6 Å². The molecule has 1 aromatic heterocycles. The molecule has 0 aliphatic carbocycles. The molecule has 1 amide bonds. The Morgan fingerprint density at radius 3 is 2.42 bits per heavy atom. The Bertz CT molecular complexity index is 691. The highest BCUT2D eigenvalue weighted by atomic mass is 32.1. The third-order valence-corrected chi connectivity index (χ3v) is 6.33. The summed E-state index contributed by atoms with van der Waals surface area (Å²) in [5, 5.41) is 12.5. The van der Waals surface area contributed by atoms with Crippen molar-refractivity contribution >= 4 is 17.2 Å². The highest BCUT2D eigenvalue weighted by molar-refractivity contribution is 7.12. The van der Waals surface area contributed by atoms with Crippen molar-refractivity contribution in [1.82, 2.24) is 4.90 Å². The second kappa shape index (κ2) is 8.80. The van der Waals surface area contributed by atoms with Crippen LogP contribution in [0.25, 0.3) is 0 Å². The minimum absolute atomic E-state index is 0.139. The number of hydrogen-bond donors (Lipinski definition) is 2. The average Bonchev–Trinajstić information content (AvgIpc) is 3.22. The Kier molecular flexibility index (Phi) is 6.46. The number of benzene rings is 1. The van der Waals surface area contributed by atoms with E-state index in [0.29, 0.717) is 12.5 Å². The van der Waals surface area contributed by atoms with Crippen LogP contribution >= 0.6 is 11.3 Å². The first-order chi connectivity index (χ1) is 12.6. The normalized spacial score (nSPS) is 17.9. The van der Waals surface area contributed by atoms with E-state index < -0.39 is 6.10 Å². The largest absolute Gasteiger partial charge is 0.382 e. The lowest BCUT2D eigenvalue weighted by atomic mass is 9.96. The van der Waals surface area contributed by atoms with Gasteiger partial charge in [-0.1, -0.05) is 44.2 Å². The van der Waals surface area contributed by atoms with Gasteiger partial charge in [0, 0.05) is 0 Å². The van der Waals surface area contributed by atoms with Crippen molar-refractivity contribution < 1.29 is 14.8 Å². The number of carbonyl (C=O) groups excluding carboxylic acids is 1. The summed E-state index contributed by atoms with van der Waals surface area (Å²) in [7, 11) is 0. The number of aliphatic hydroxyl groups is 1.